The van der Waals surface area contributed by atoms with E-state index >= 15 is 0 Å². The summed E-state index contributed by atoms with van der Waals surface area (Å²) in [7, 11) is 1.36. The highest BCUT2D eigenvalue weighted by molar-refractivity contribution is 7.80. The minimum Gasteiger partial charge on any atom is -0.465 e. The van der Waals surface area contributed by atoms with Crippen molar-refractivity contribution in [3.63, 3.8) is 0 Å². The number of hydrogen-bond acceptors (Lipinski definition) is 4. The fourth-order valence-corrected chi connectivity index (χ4v) is 5.17. The molecule has 0 radical (unpaired) electrons. The normalized spacial score (nSPS) is 15.4. The summed E-state index contributed by atoms with van der Waals surface area (Å²) in [6.07, 6.45) is 1.67. The maximum atomic E-state index is 13.7. The summed E-state index contributed by atoms with van der Waals surface area (Å²) in [6, 6.07) is 16.6. The minimum atomic E-state index is -0.423. The molecule has 0 amide bonds. The van der Waals surface area contributed by atoms with Gasteiger partial charge in [0.05, 0.1) is 12.7 Å². The maximum Gasteiger partial charge on any atom is 0.340 e. The van der Waals surface area contributed by atoms with Crippen LogP contribution in [0.4, 0.5) is 15.1 Å². The Balaban J connectivity index is 1.68. The molecule has 4 rings (SSSR count). The molecule has 1 N–H and O–H groups in total. The number of nitrogens with zero attached hydrogens (tertiary/aromatic N) is 1. The van der Waals surface area contributed by atoms with Crippen LogP contribution in [0.25, 0.3) is 10.4 Å². The largest absolute Gasteiger partial charge is 0.465 e. The number of benzene rings is 2. The zero-order valence-corrected chi connectivity index (χ0v) is 18.3. The number of carbonyl (C=O) groups is 1. The standard InChI is InChI=1S/C23H21FN2O2S2/c1-14-8-9-16-12-17(24)10-11-19(16)26(14)23(29)25-21-18(22(27)28-2)13-20(30-21)15-6-4-3-5-7-15/h3-7,10-14H,8-9H2,1-2H3,(H,25,29)/t14-/m1/s1. The Morgan fingerprint density at radius 3 is 2.73 bits per heavy atom. The van der Waals surface area contributed by atoms with Crippen molar-refractivity contribution in [1.82, 2.24) is 0 Å². The summed E-state index contributed by atoms with van der Waals surface area (Å²) in [5, 5.41) is 4.36. The molecule has 0 saturated heterocycles. The number of carbonyl (C=O) groups excluding carboxylic acids is 1. The van der Waals surface area contributed by atoms with E-state index < -0.39 is 5.97 Å². The number of rotatable bonds is 3. The molecule has 0 aliphatic carbocycles. The summed E-state index contributed by atoms with van der Waals surface area (Å²) in [5.41, 5.74) is 3.28. The van der Waals surface area contributed by atoms with Gasteiger partial charge in [-0.05, 0) is 67.4 Å². The van der Waals surface area contributed by atoms with Gasteiger partial charge in [-0.15, -0.1) is 11.3 Å². The molecule has 2 aromatic carbocycles. The molecule has 0 bridgehead atoms. The van der Waals surface area contributed by atoms with Crippen LogP contribution >= 0.6 is 23.6 Å². The van der Waals surface area contributed by atoms with Gasteiger partial charge in [0.25, 0.3) is 0 Å². The van der Waals surface area contributed by atoms with Gasteiger partial charge in [-0.2, -0.15) is 0 Å². The lowest BCUT2D eigenvalue weighted by atomic mass is 9.97. The van der Waals surface area contributed by atoms with E-state index in [1.54, 1.807) is 12.1 Å². The van der Waals surface area contributed by atoms with Gasteiger partial charge >= 0.3 is 5.97 Å². The first-order chi connectivity index (χ1) is 14.5. The Kier molecular flexibility index (Phi) is 5.83. The Bertz CT molecular complexity index is 1100. The zero-order chi connectivity index (χ0) is 21.3. The topological polar surface area (TPSA) is 41.6 Å². The highest BCUT2D eigenvalue weighted by Gasteiger charge is 2.28. The average molecular weight is 441 g/mol. The van der Waals surface area contributed by atoms with E-state index in [1.807, 2.05) is 41.3 Å². The lowest BCUT2D eigenvalue weighted by Gasteiger charge is -2.37. The molecule has 3 aromatic rings. The van der Waals surface area contributed by atoms with Gasteiger partial charge in [-0.25, -0.2) is 9.18 Å². The van der Waals surface area contributed by atoms with E-state index in [0.29, 0.717) is 15.7 Å². The van der Waals surface area contributed by atoms with E-state index in [-0.39, 0.29) is 11.9 Å². The Hall–Kier alpha value is -2.77. The second kappa shape index (κ2) is 8.53. The number of thiophene rings is 1. The first-order valence-electron chi connectivity index (χ1n) is 9.64. The fraction of sp³-hybridized carbons (Fsp3) is 0.217. The number of thiocarbonyl (C=S) groups is 1. The van der Waals surface area contributed by atoms with Crippen LogP contribution in [0.3, 0.4) is 0 Å². The first-order valence-corrected chi connectivity index (χ1v) is 10.9. The van der Waals surface area contributed by atoms with Gasteiger partial charge in [0.2, 0.25) is 0 Å². The third-order valence-corrected chi connectivity index (χ3v) is 6.61. The molecular formula is C23H21FN2O2S2. The van der Waals surface area contributed by atoms with Gasteiger partial charge in [0.15, 0.2) is 5.11 Å². The van der Waals surface area contributed by atoms with Crippen molar-refractivity contribution in [3.8, 4) is 10.4 Å². The number of halogens is 1. The molecule has 1 atom stereocenters. The van der Waals surface area contributed by atoms with Gasteiger partial charge < -0.3 is 15.0 Å². The van der Waals surface area contributed by atoms with E-state index in [9.17, 15) is 9.18 Å². The van der Waals surface area contributed by atoms with Gasteiger partial charge in [-0.1, -0.05) is 30.3 Å². The summed E-state index contributed by atoms with van der Waals surface area (Å²) in [5.74, 6) is -0.672. The minimum absolute atomic E-state index is 0.151. The molecule has 7 heteroatoms. The van der Waals surface area contributed by atoms with Crippen LogP contribution in [0.2, 0.25) is 0 Å². The van der Waals surface area contributed by atoms with Crippen molar-refractivity contribution in [2.24, 2.45) is 0 Å². The third-order valence-electron chi connectivity index (χ3n) is 5.21. The molecule has 0 spiro atoms. The first kappa shape index (κ1) is 20.5. The van der Waals surface area contributed by atoms with Crippen molar-refractivity contribution in [1.29, 1.82) is 0 Å². The van der Waals surface area contributed by atoms with Crippen molar-refractivity contribution in [2.75, 3.05) is 17.3 Å². The second-order valence-corrected chi connectivity index (χ2v) is 8.61. The summed E-state index contributed by atoms with van der Waals surface area (Å²) in [4.78, 5) is 15.3. The van der Waals surface area contributed by atoms with E-state index in [0.717, 1.165) is 34.5 Å². The van der Waals surface area contributed by atoms with Crippen LogP contribution < -0.4 is 10.2 Å². The van der Waals surface area contributed by atoms with Crippen LogP contribution in [0, 0.1) is 5.82 Å². The molecule has 0 unspecified atom stereocenters. The lowest BCUT2D eigenvalue weighted by molar-refractivity contribution is 0.0602. The van der Waals surface area contributed by atoms with Crippen LogP contribution in [0.5, 0.6) is 0 Å². The van der Waals surface area contributed by atoms with Crippen molar-refractivity contribution >= 4 is 45.3 Å². The van der Waals surface area contributed by atoms with Crippen LogP contribution in [-0.4, -0.2) is 24.2 Å². The number of aryl methyl sites for hydroxylation is 1. The van der Waals surface area contributed by atoms with E-state index in [4.69, 9.17) is 17.0 Å². The van der Waals surface area contributed by atoms with Crippen LogP contribution in [-0.2, 0) is 11.2 Å². The number of nitrogens with one attached hydrogen (secondary N) is 1. The van der Waals surface area contributed by atoms with Gasteiger partial charge in [-0.3, -0.25) is 0 Å². The molecule has 1 aliphatic rings. The number of hydrogen-bond donors (Lipinski definition) is 1. The second-order valence-electron chi connectivity index (χ2n) is 7.17. The SMILES string of the molecule is COC(=O)c1cc(-c2ccccc2)sc1NC(=S)N1c2ccc(F)cc2CC[C@H]1C. The molecule has 0 fully saturated rings. The van der Waals surface area contributed by atoms with Gasteiger partial charge in [0.1, 0.15) is 10.8 Å². The summed E-state index contributed by atoms with van der Waals surface area (Å²) >= 11 is 7.17. The Morgan fingerprint density at radius 2 is 2.00 bits per heavy atom. The Labute approximate surface area is 184 Å². The average Bonchev–Trinajstić information content (AvgIpc) is 3.17. The molecule has 1 aromatic heterocycles. The maximum absolute atomic E-state index is 13.7. The van der Waals surface area contributed by atoms with Crippen molar-refractivity contribution < 1.29 is 13.9 Å². The van der Waals surface area contributed by atoms with Crippen molar-refractivity contribution in [2.45, 2.75) is 25.8 Å². The van der Waals surface area contributed by atoms with E-state index in [1.165, 1.54) is 24.5 Å². The van der Waals surface area contributed by atoms with Crippen LogP contribution in [0.1, 0.15) is 29.3 Å². The quantitative estimate of drug-likeness (QED) is 0.407. The number of fused-ring (bicyclic) bond motifs is 1. The molecule has 4 nitrogen and oxygen atoms in total. The molecule has 154 valence electrons. The number of anilines is 2. The van der Waals surface area contributed by atoms with E-state index in [2.05, 4.69) is 12.2 Å². The monoisotopic (exact) mass is 440 g/mol. The smallest absolute Gasteiger partial charge is 0.340 e. The lowest BCUT2D eigenvalue weighted by Crippen LogP contribution is -2.44. The molecule has 0 saturated carbocycles. The molecule has 30 heavy (non-hydrogen) atoms. The highest BCUT2D eigenvalue weighted by Crippen LogP contribution is 2.37. The predicted molar refractivity (Wildman–Crippen MR) is 124 cm³/mol. The third kappa shape index (κ3) is 3.95. The number of methoxy groups -OCH3 is 1. The fourth-order valence-electron chi connectivity index (χ4n) is 3.68. The van der Waals surface area contributed by atoms with Crippen LogP contribution in [0.15, 0.2) is 54.6 Å². The van der Waals surface area contributed by atoms with Gasteiger partial charge in [0, 0.05) is 16.6 Å². The molecular weight excluding hydrogens is 419 g/mol. The summed E-state index contributed by atoms with van der Waals surface area (Å²) in [6.45, 7) is 2.09. The highest BCUT2D eigenvalue weighted by atomic mass is 32.1. The molecule has 1 aliphatic heterocycles. The zero-order valence-electron chi connectivity index (χ0n) is 16.6. The predicted octanol–water partition coefficient (Wildman–Crippen LogP) is 5.88. The number of ether oxygens (including phenoxy) is 1. The number of esters is 1. The molecule has 2 heterocycles. The van der Waals surface area contributed by atoms with Crippen molar-refractivity contribution in [3.05, 3.63) is 71.5 Å². The Morgan fingerprint density at radius 1 is 1.23 bits per heavy atom. The summed E-state index contributed by atoms with van der Waals surface area (Å²) < 4.78 is 18.7.